The molecule has 0 aromatic carbocycles. The Labute approximate surface area is 107 Å². The van der Waals surface area contributed by atoms with Crippen molar-refractivity contribution >= 4 is 11.9 Å². The number of carboxylic acids is 1. The van der Waals surface area contributed by atoms with Gasteiger partial charge in [-0.25, -0.2) is 0 Å². The highest BCUT2D eigenvalue weighted by atomic mass is 16.5. The molecular weight excluding hydrogens is 236 g/mol. The highest BCUT2D eigenvalue weighted by Crippen LogP contribution is 2.15. The number of hydrogen-bond donors (Lipinski definition) is 2. The molecule has 0 aromatic heterocycles. The normalized spacial score (nSPS) is 23.6. The molecule has 0 aliphatic carbocycles. The molecule has 6 heteroatoms. The fourth-order valence-corrected chi connectivity index (χ4v) is 2.14. The van der Waals surface area contributed by atoms with E-state index < -0.39 is 5.97 Å². The molecule has 1 rings (SSSR count). The summed E-state index contributed by atoms with van der Waals surface area (Å²) in [5.74, 6) is -1.06. The Morgan fingerprint density at radius 3 is 2.67 bits per heavy atom. The first-order valence-corrected chi connectivity index (χ1v) is 6.25. The van der Waals surface area contributed by atoms with Gasteiger partial charge in [-0.05, 0) is 33.7 Å². The SMILES string of the molecule is CC(C)OC(=O)C1CCC(CN(C)CC(=O)O)N1. The lowest BCUT2D eigenvalue weighted by Crippen LogP contribution is -2.43. The van der Waals surface area contributed by atoms with Crippen molar-refractivity contribution in [2.45, 2.75) is 44.9 Å². The van der Waals surface area contributed by atoms with Crippen LogP contribution in [0.15, 0.2) is 0 Å². The lowest BCUT2D eigenvalue weighted by atomic mass is 10.2. The van der Waals surface area contributed by atoms with Crippen LogP contribution in [0.2, 0.25) is 0 Å². The van der Waals surface area contributed by atoms with E-state index in [-0.39, 0.29) is 30.7 Å². The summed E-state index contributed by atoms with van der Waals surface area (Å²) in [6, 6.07) is -0.102. The number of carbonyl (C=O) groups is 2. The van der Waals surface area contributed by atoms with Crippen molar-refractivity contribution in [1.29, 1.82) is 0 Å². The van der Waals surface area contributed by atoms with Gasteiger partial charge in [-0.1, -0.05) is 0 Å². The van der Waals surface area contributed by atoms with E-state index in [1.165, 1.54) is 0 Å². The second kappa shape index (κ2) is 6.70. The molecule has 0 bridgehead atoms. The van der Waals surface area contributed by atoms with Crippen LogP contribution in [-0.2, 0) is 14.3 Å². The number of aliphatic carboxylic acids is 1. The van der Waals surface area contributed by atoms with Crippen molar-refractivity contribution in [3.63, 3.8) is 0 Å². The molecular formula is C12H22N2O4. The van der Waals surface area contributed by atoms with Gasteiger partial charge < -0.3 is 15.2 Å². The molecule has 1 aliphatic rings. The summed E-state index contributed by atoms with van der Waals surface area (Å²) in [6.45, 7) is 4.28. The minimum Gasteiger partial charge on any atom is -0.480 e. The van der Waals surface area contributed by atoms with Gasteiger partial charge >= 0.3 is 11.9 Å². The Kier molecular flexibility index (Phi) is 5.55. The zero-order valence-corrected chi connectivity index (χ0v) is 11.2. The van der Waals surface area contributed by atoms with Crippen LogP contribution in [0, 0.1) is 0 Å². The van der Waals surface area contributed by atoms with Crippen molar-refractivity contribution in [3.8, 4) is 0 Å². The van der Waals surface area contributed by atoms with Crippen LogP contribution >= 0.6 is 0 Å². The average Bonchev–Trinajstić information content (AvgIpc) is 2.63. The van der Waals surface area contributed by atoms with Crippen molar-refractivity contribution < 1.29 is 19.4 Å². The predicted molar refractivity (Wildman–Crippen MR) is 66.3 cm³/mol. The number of nitrogens with zero attached hydrogens (tertiary/aromatic N) is 1. The van der Waals surface area contributed by atoms with Crippen molar-refractivity contribution in [1.82, 2.24) is 10.2 Å². The van der Waals surface area contributed by atoms with Crippen LogP contribution in [-0.4, -0.2) is 60.3 Å². The molecule has 2 unspecified atom stereocenters. The second-order valence-corrected chi connectivity index (χ2v) is 5.07. The smallest absolute Gasteiger partial charge is 0.323 e. The minimum atomic E-state index is -0.841. The zero-order chi connectivity index (χ0) is 13.7. The van der Waals surface area contributed by atoms with Gasteiger partial charge in [0.05, 0.1) is 12.6 Å². The van der Waals surface area contributed by atoms with E-state index in [1.54, 1.807) is 11.9 Å². The Balaban J connectivity index is 2.32. The summed E-state index contributed by atoms with van der Waals surface area (Å²) in [7, 11) is 1.76. The molecule has 1 saturated heterocycles. The third-order valence-electron chi connectivity index (χ3n) is 2.81. The lowest BCUT2D eigenvalue weighted by Gasteiger charge is -2.20. The van der Waals surface area contributed by atoms with E-state index in [4.69, 9.17) is 9.84 Å². The largest absolute Gasteiger partial charge is 0.480 e. The first kappa shape index (κ1) is 14.9. The predicted octanol–water partition coefficient (Wildman–Crippen LogP) is 0.0750. The standard InChI is InChI=1S/C12H22N2O4/c1-8(2)18-12(17)10-5-4-9(13-10)6-14(3)7-11(15)16/h8-10,13H,4-7H2,1-3H3,(H,15,16). The van der Waals surface area contributed by atoms with Crippen LogP contribution in [0.25, 0.3) is 0 Å². The fourth-order valence-electron chi connectivity index (χ4n) is 2.14. The van der Waals surface area contributed by atoms with E-state index in [0.717, 1.165) is 12.8 Å². The van der Waals surface area contributed by atoms with E-state index in [0.29, 0.717) is 6.54 Å². The number of hydrogen-bond acceptors (Lipinski definition) is 5. The van der Waals surface area contributed by atoms with Gasteiger partial charge in [0.25, 0.3) is 0 Å². The Hall–Kier alpha value is -1.14. The maximum atomic E-state index is 11.7. The molecule has 1 heterocycles. The number of carbonyl (C=O) groups excluding carboxylic acids is 1. The Bertz CT molecular complexity index is 306. The Morgan fingerprint density at radius 2 is 2.11 bits per heavy atom. The molecule has 104 valence electrons. The van der Waals surface area contributed by atoms with E-state index in [9.17, 15) is 9.59 Å². The number of rotatable bonds is 6. The van der Waals surface area contributed by atoms with Crippen LogP contribution in [0.1, 0.15) is 26.7 Å². The van der Waals surface area contributed by atoms with E-state index >= 15 is 0 Å². The summed E-state index contributed by atoms with van der Waals surface area (Å²) in [6.07, 6.45) is 1.51. The van der Waals surface area contributed by atoms with Crippen molar-refractivity contribution in [3.05, 3.63) is 0 Å². The number of esters is 1. The monoisotopic (exact) mass is 258 g/mol. The highest BCUT2D eigenvalue weighted by Gasteiger charge is 2.31. The molecule has 2 atom stereocenters. The molecule has 0 aromatic rings. The van der Waals surface area contributed by atoms with Crippen LogP contribution in [0.4, 0.5) is 0 Å². The number of ether oxygens (including phenoxy) is 1. The van der Waals surface area contributed by atoms with Gasteiger partial charge in [0, 0.05) is 12.6 Å². The summed E-state index contributed by atoms with van der Waals surface area (Å²) in [5.41, 5.74) is 0. The molecule has 0 saturated carbocycles. The maximum absolute atomic E-state index is 11.7. The fraction of sp³-hybridized carbons (Fsp3) is 0.833. The third-order valence-corrected chi connectivity index (χ3v) is 2.81. The summed E-state index contributed by atoms with van der Waals surface area (Å²) in [5, 5.41) is 11.9. The molecule has 0 spiro atoms. The van der Waals surface area contributed by atoms with Gasteiger partial charge in [-0.2, -0.15) is 0 Å². The molecule has 18 heavy (non-hydrogen) atoms. The first-order chi connectivity index (χ1) is 8.38. The van der Waals surface area contributed by atoms with Gasteiger partial charge in [-0.3, -0.25) is 14.5 Å². The van der Waals surface area contributed by atoms with E-state index in [2.05, 4.69) is 5.32 Å². The molecule has 6 nitrogen and oxygen atoms in total. The zero-order valence-electron chi connectivity index (χ0n) is 11.2. The summed E-state index contributed by atoms with van der Waals surface area (Å²) >= 11 is 0. The minimum absolute atomic E-state index is 0.0132. The van der Waals surface area contributed by atoms with Gasteiger partial charge in [-0.15, -0.1) is 0 Å². The second-order valence-electron chi connectivity index (χ2n) is 5.07. The lowest BCUT2D eigenvalue weighted by molar-refractivity contribution is -0.149. The van der Waals surface area contributed by atoms with Gasteiger partial charge in [0.15, 0.2) is 0 Å². The first-order valence-electron chi connectivity index (χ1n) is 6.25. The van der Waals surface area contributed by atoms with Crippen LogP contribution < -0.4 is 5.32 Å². The third kappa shape index (κ3) is 5.01. The van der Waals surface area contributed by atoms with Crippen molar-refractivity contribution in [2.24, 2.45) is 0 Å². The molecule has 1 aliphatic heterocycles. The quantitative estimate of drug-likeness (QED) is 0.657. The van der Waals surface area contributed by atoms with Crippen molar-refractivity contribution in [2.75, 3.05) is 20.1 Å². The summed E-state index contributed by atoms with van der Waals surface area (Å²) < 4.78 is 5.14. The molecule has 0 radical (unpaired) electrons. The topological polar surface area (TPSA) is 78.9 Å². The molecule has 1 fully saturated rings. The highest BCUT2D eigenvalue weighted by molar-refractivity contribution is 5.76. The van der Waals surface area contributed by atoms with Crippen LogP contribution in [0.3, 0.4) is 0 Å². The summed E-state index contributed by atoms with van der Waals surface area (Å²) in [4.78, 5) is 23.9. The van der Waals surface area contributed by atoms with E-state index in [1.807, 2.05) is 13.8 Å². The molecule has 2 N–H and O–H groups in total. The maximum Gasteiger partial charge on any atom is 0.323 e. The molecule has 0 amide bonds. The number of nitrogens with one attached hydrogen (secondary N) is 1. The van der Waals surface area contributed by atoms with Gasteiger partial charge in [0.2, 0.25) is 0 Å². The number of likely N-dealkylation sites (N-methyl/N-ethyl adjacent to an activating group) is 1. The van der Waals surface area contributed by atoms with Gasteiger partial charge in [0.1, 0.15) is 6.04 Å². The number of carboxylic acid groups (broad SMARTS) is 1. The average molecular weight is 258 g/mol. The Morgan fingerprint density at radius 1 is 1.44 bits per heavy atom. The van der Waals surface area contributed by atoms with Crippen LogP contribution in [0.5, 0.6) is 0 Å².